The maximum Gasteiger partial charge on any atom is 0.0861 e. The van der Waals surface area contributed by atoms with Gasteiger partial charge in [-0.15, -0.1) is 0 Å². The van der Waals surface area contributed by atoms with E-state index in [4.69, 9.17) is 5.73 Å². The lowest BCUT2D eigenvalue weighted by Gasteiger charge is -2.43. The third kappa shape index (κ3) is 2.70. The van der Waals surface area contributed by atoms with E-state index in [2.05, 4.69) is 32.9 Å². The van der Waals surface area contributed by atoms with E-state index in [0.29, 0.717) is 12.5 Å². The van der Waals surface area contributed by atoms with Crippen LogP contribution in [0.3, 0.4) is 0 Å². The van der Waals surface area contributed by atoms with Crippen molar-refractivity contribution >= 4 is 0 Å². The Kier molecular flexibility index (Phi) is 4.32. The zero-order valence-electron chi connectivity index (χ0n) is 12.4. The molecule has 106 valence electrons. The molecule has 0 amide bonds. The van der Waals surface area contributed by atoms with Crippen LogP contribution in [0.1, 0.15) is 55.4 Å². The highest BCUT2D eigenvalue weighted by molar-refractivity contribution is 5.35. The van der Waals surface area contributed by atoms with Gasteiger partial charge in [-0.2, -0.15) is 0 Å². The van der Waals surface area contributed by atoms with Crippen molar-refractivity contribution in [2.24, 2.45) is 17.1 Å². The molecule has 1 aromatic rings. The average molecular weight is 261 g/mol. The molecule has 0 aromatic heterocycles. The highest BCUT2D eigenvalue weighted by Crippen LogP contribution is 2.47. The zero-order valence-corrected chi connectivity index (χ0v) is 12.4. The minimum Gasteiger partial charge on any atom is -0.388 e. The standard InChI is InChI=1S/C17H27NO/c1-12-6-5-9-17(10-12,11-18)16(19)15-8-4-7-13(2)14(15)3/h4,7-8,12,16,19H,5-6,9-11,18H2,1-3H3. The first-order valence-electron chi connectivity index (χ1n) is 7.44. The fourth-order valence-electron chi connectivity index (χ4n) is 3.65. The molecule has 3 atom stereocenters. The molecule has 19 heavy (non-hydrogen) atoms. The van der Waals surface area contributed by atoms with Gasteiger partial charge in [0.2, 0.25) is 0 Å². The molecule has 1 fully saturated rings. The van der Waals surface area contributed by atoms with Gasteiger partial charge in [0.25, 0.3) is 0 Å². The highest BCUT2D eigenvalue weighted by atomic mass is 16.3. The van der Waals surface area contributed by atoms with Gasteiger partial charge in [-0.3, -0.25) is 0 Å². The monoisotopic (exact) mass is 261 g/mol. The van der Waals surface area contributed by atoms with Crippen LogP contribution in [0.25, 0.3) is 0 Å². The Hall–Kier alpha value is -0.860. The molecule has 2 nitrogen and oxygen atoms in total. The second-order valence-corrected chi connectivity index (χ2v) is 6.46. The second kappa shape index (κ2) is 5.64. The maximum absolute atomic E-state index is 10.9. The Morgan fingerprint density at radius 1 is 1.42 bits per heavy atom. The molecule has 1 aromatic carbocycles. The molecule has 0 spiro atoms. The van der Waals surface area contributed by atoms with Crippen molar-refractivity contribution in [1.29, 1.82) is 0 Å². The summed E-state index contributed by atoms with van der Waals surface area (Å²) < 4.78 is 0. The number of aliphatic hydroxyl groups is 1. The quantitative estimate of drug-likeness (QED) is 0.875. The Bertz CT molecular complexity index is 443. The molecule has 1 aliphatic carbocycles. The molecule has 0 radical (unpaired) electrons. The normalized spacial score (nSPS) is 29.2. The average Bonchev–Trinajstić information content (AvgIpc) is 2.41. The number of hydrogen-bond donors (Lipinski definition) is 2. The molecule has 2 heteroatoms. The summed E-state index contributed by atoms with van der Waals surface area (Å²) in [6.07, 6.45) is 4.10. The van der Waals surface area contributed by atoms with Crippen molar-refractivity contribution in [2.75, 3.05) is 6.54 Å². The van der Waals surface area contributed by atoms with Crippen LogP contribution in [0.5, 0.6) is 0 Å². The van der Waals surface area contributed by atoms with E-state index < -0.39 is 6.10 Å². The maximum atomic E-state index is 10.9. The number of nitrogens with two attached hydrogens (primary N) is 1. The first-order valence-corrected chi connectivity index (χ1v) is 7.44. The molecule has 0 bridgehead atoms. The second-order valence-electron chi connectivity index (χ2n) is 6.46. The molecule has 1 aliphatic rings. The van der Waals surface area contributed by atoms with E-state index >= 15 is 0 Å². The van der Waals surface area contributed by atoms with Crippen molar-refractivity contribution in [2.45, 2.75) is 52.6 Å². The molecule has 2 rings (SSSR count). The Balaban J connectivity index is 2.35. The van der Waals surface area contributed by atoms with E-state index in [1.54, 1.807) is 0 Å². The summed E-state index contributed by atoms with van der Waals surface area (Å²) in [6.45, 7) is 7.06. The Morgan fingerprint density at radius 2 is 2.16 bits per heavy atom. The fraction of sp³-hybridized carbons (Fsp3) is 0.647. The summed E-state index contributed by atoms with van der Waals surface area (Å²) in [5.74, 6) is 0.664. The van der Waals surface area contributed by atoms with Gasteiger partial charge in [0.05, 0.1) is 6.10 Å². The minimum absolute atomic E-state index is 0.129. The van der Waals surface area contributed by atoms with Crippen LogP contribution in [0, 0.1) is 25.2 Å². The number of benzene rings is 1. The summed E-state index contributed by atoms with van der Waals surface area (Å²) >= 11 is 0. The number of rotatable bonds is 3. The summed E-state index contributed by atoms with van der Waals surface area (Å²) in [7, 11) is 0. The van der Waals surface area contributed by atoms with Crippen LogP contribution in [-0.2, 0) is 0 Å². The largest absolute Gasteiger partial charge is 0.388 e. The summed E-state index contributed by atoms with van der Waals surface area (Å²) in [6, 6.07) is 6.20. The fourth-order valence-corrected chi connectivity index (χ4v) is 3.65. The predicted octanol–water partition coefficient (Wildman–Crippen LogP) is 3.49. The lowest BCUT2D eigenvalue weighted by atomic mass is 9.65. The van der Waals surface area contributed by atoms with Gasteiger partial charge < -0.3 is 10.8 Å². The molecular weight excluding hydrogens is 234 g/mol. The van der Waals surface area contributed by atoms with Crippen molar-refractivity contribution in [1.82, 2.24) is 0 Å². The van der Waals surface area contributed by atoms with Crippen LogP contribution >= 0.6 is 0 Å². The van der Waals surface area contributed by atoms with Crippen molar-refractivity contribution < 1.29 is 5.11 Å². The minimum atomic E-state index is -0.430. The Labute approximate surface area is 117 Å². The van der Waals surface area contributed by atoms with Gasteiger partial charge in [0.15, 0.2) is 0 Å². The molecular formula is C17H27NO. The van der Waals surface area contributed by atoms with Crippen molar-refractivity contribution in [3.63, 3.8) is 0 Å². The number of hydrogen-bond acceptors (Lipinski definition) is 2. The molecule has 0 aliphatic heterocycles. The summed E-state index contributed by atoms with van der Waals surface area (Å²) in [5.41, 5.74) is 9.46. The lowest BCUT2D eigenvalue weighted by molar-refractivity contribution is -0.0134. The van der Waals surface area contributed by atoms with E-state index in [9.17, 15) is 5.11 Å². The van der Waals surface area contributed by atoms with Crippen LogP contribution in [0.4, 0.5) is 0 Å². The van der Waals surface area contributed by atoms with Crippen LogP contribution in [0.2, 0.25) is 0 Å². The zero-order chi connectivity index (χ0) is 14.0. The Morgan fingerprint density at radius 3 is 2.79 bits per heavy atom. The van der Waals surface area contributed by atoms with E-state index in [-0.39, 0.29) is 5.41 Å². The molecule has 0 heterocycles. The van der Waals surface area contributed by atoms with E-state index in [1.165, 1.54) is 24.0 Å². The molecule has 3 N–H and O–H groups in total. The summed E-state index contributed by atoms with van der Waals surface area (Å²) in [4.78, 5) is 0. The first kappa shape index (κ1) is 14.5. The number of aliphatic hydroxyl groups excluding tert-OH is 1. The lowest BCUT2D eigenvalue weighted by Crippen LogP contribution is -2.41. The van der Waals surface area contributed by atoms with Crippen LogP contribution < -0.4 is 5.73 Å². The highest BCUT2D eigenvalue weighted by Gasteiger charge is 2.41. The smallest absolute Gasteiger partial charge is 0.0861 e. The first-order chi connectivity index (χ1) is 9.00. The molecule has 0 saturated heterocycles. The van der Waals surface area contributed by atoms with Gasteiger partial charge in [-0.25, -0.2) is 0 Å². The van der Waals surface area contributed by atoms with Gasteiger partial charge in [0, 0.05) is 12.0 Å². The summed E-state index contributed by atoms with van der Waals surface area (Å²) in [5, 5.41) is 10.9. The SMILES string of the molecule is Cc1cccc(C(O)C2(CN)CCCC(C)C2)c1C. The van der Waals surface area contributed by atoms with Crippen LogP contribution in [-0.4, -0.2) is 11.7 Å². The van der Waals surface area contributed by atoms with E-state index in [0.717, 1.165) is 18.4 Å². The topological polar surface area (TPSA) is 46.2 Å². The third-order valence-electron chi connectivity index (χ3n) is 5.05. The van der Waals surface area contributed by atoms with Gasteiger partial charge in [-0.1, -0.05) is 38.0 Å². The van der Waals surface area contributed by atoms with Gasteiger partial charge in [-0.05, 0) is 49.3 Å². The van der Waals surface area contributed by atoms with Gasteiger partial charge >= 0.3 is 0 Å². The predicted molar refractivity (Wildman–Crippen MR) is 80.0 cm³/mol. The molecule has 3 unspecified atom stereocenters. The number of aryl methyl sites for hydroxylation is 1. The van der Waals surface area contributed by atoms with Crippen molar-refractivity contribution in [3.05, 3.63) is 34.9 Å². The molecule has 1 saturated carbocycles. The van der Waals surface area contributed by atoms with Crippen LogP contribution in [0.15, 0.2) is 18.2 Å². The van der Waals surface area contributed by atoms with Crippen molar-refractivity contribution in [3.8, 4) is 0 Å². The third-order valence-corrected chi connectivity index (χ3v) is 5.05. The van der Waals surface area contributed by atoms with Gasteiger partial charge in [0.1, 0.15) is 0 Å². The van der Waals surface area contributed by atoms with E-state index in [1.807, 2.05) is 6.07 Å².